The van der Waals surface area contributed by atoms with Crippen molar-refractivity contribution < 1.29 is 18.0 Å². The molecule has 3 rings (SSSR count). The maximum absolute atomic E-state index is 12.8. The number of carbonyl (C=O) groups excluding carboxylic acids is 2. The average molecular weight is 458 g/mol. The molecule has 172 valence electrons. The van der Waals surface area contributed by atoms with E-state index in [4.69, 9.17) is 0 Å². The molecule has 2 aromatic carbocycles. The summed E-state index contributed by atoms with van der Waals surface area (Å²) in [6.45, 7) is 8.06. The van der Waals surface area contributed by atoms with Gasteiger partial charge < -0.3 is 10.2 Å². The van der Waals surface area contributed by atoms with Crippen LogP contribution in [-0.4, -0.2) is 32.8 Å². The Kier molecular flexibility index (Phi) is 7.36. The SMILES string of the molecule is Cc1cccc(N2CC(C(=O)NCc3ccccc3CS(=O)(=O)NC(C)C)CC2=O)c1C. The van der Waals surface area contributed by atoms with Crippen LogP contribution in [0.15, 0.2) is 42.5 Å². The molecule has 1 fully saturated rings. The maximum Gasteiger partial charge on any atom is 0.227 e. The summed E-state index contributed by atoms with van der Waals surface area (Å²) in [6.07, 6.45) is 0.160. The summed E-state index contributed by atoms with van der Waals surface area (Å²) in [7, 11) is -3.48. The zero-order valence-corrected chi connectivity index (χ0v) is 19.8. The molecule has 32 heavy (non-hydrogen) atoms. The molecular weight excluding hydrogens is 426 g/mol. The van der Waals surface area contributed by atoms with Gasteiger partial charge in [0.15, 0.2) is 0 Å². The Morgan fingerprint density at radius 2 is 1.78 bits per heavy atom. The minimum absolute atomic E-state index is 0.0647. The first-order valence-electron chi connectivity index (χ1n) is 10.8. The molecule has 8 heteroatoms. The fourth-order valence-corrected chi connectivity index (χ4v) is 5.44. The largest absolute Gasteiger partial charge is 0.352 e. The lowest BCUT2D eigenvalue weighted by Gasteiger charge is -2.20. The van der Waals surface area contributed by atoms with Crippen molar-refractivity contribution in [1.29, 1.82) is 0 Å². The first kappa shape index (κ1) is 23.9. The minimum Gasteiger partial charge on any atom is -0.352 e. The molecule has 7 nitrogen and oxygen atoms in total. The van der Waals surface area contributed by atoms with Crippen LogP contribution in [0, 0.1) is 19.8 Å². The Bertz CT molecular complexity index is 1110. The predicted molar refractivity (Wildman–Crippen MR) is 126 cm³/mol. The molecule has 2 aromatic rings. The molecule has 1 heterocycles. The van der Waals surface area contributed by atoms with Gasteiger partial charge in [-0.25, -0.2) is 13.1 Å². The van der Waals surface area contributed by atoms with Gasteiger partial charge in [-0.05, 0) is 56.0 Å². The first-order valence-corrected chi connectivity index (χ1v) is 12.4. The lowest BCUT2D eigenvalue weighted by Crippen LogP contribution is -2.34. The van der Waals surface area contributed by atoms with Gasteiger partial charge in [-0.15, -0.1) is 0 Å². The molecular formula is C24H31N3O4S. The van der Waals surface area contributed by atoms with Crippen molar-refractivity contribution in [2.45, 2.75) is 52.5 Å². The van der Waals surface area contributed by atoms with E-state index in [2.05, 4.69) is 10.0 Å². The molecule has 0 aromatic heterocycles. The summed E-state index contributed by atoms with van der Waals surface area (Å²) in [4.78, 5) is 27.1. The number of amides is 2. The Balaban J connectivity index is 1.66. The molecule has 0 saturated carbocycles. The number of aryl methyl sites for hydroxylation is 1. The van der Waals surface area contributed by atoms with E-state index in [0.717, 1.165) is 22.4 Å². The Morgan fingerprint density at radius 3 is 2.47 bits per heavy atom. The molecule has 1 aliphatic heterocycles. The molecule has 0 aliphatic carbocycles. The van der Waals surface area contributed by atoms with E-state index in [-0.39, 0.29) is 36.6 Å². The van der Waals surface area contributed by atoms with E-state index in [1.807, 2.05) is 44.2 Å². The topological polar surface area (TPSA) is 95.6 Å². The van der Waals surface area contributed by atoms with Gasteiger partial charge in [0.05, 0.1) is 11.7 Å². The van der Waals surface area contributed by atoms with Gasteiger partial charge >= 0.3 is 0 Å². The van der Waals surface area contributed by atoms with Gasteiger partial charge in [0.25, 0.3) is 0 Å². The summed E-state index contributed by atoms with van der Waals surface area (Å²) in [5.41, 5.74) is 4.36. The third kappa shape index (κ3) is 5.75. The number of hydrogen-bond donors (Lipinski definition) is 2. The highest BCUT2D eigenvalue weighted by molar-refractivity contribution is 7.88. The summed E-state index contributed by atoms with van der Waals surface area (Å²) in [6, 6.07) is 12.8. The van der Waals surface area contributed by atoms with Crippen molar-refractivity contribution in [3.8, 4) is 0 Å². The number of carbonyl (C=O) groups is 2. The van der Waals surface area contributed by atoms with Crippen molar-refractivity contribution >= 4 is 27.5 Å². The van der Waals surface area contributed by atoms with E-state index in [9.17, 15) is 18.0 Å². The molecule has 0 spiro atoms. The first-order chi connectivity index (χ1) is 15.1. The number of nitrogens with zero attached hydrogens (tertiary/aromatic N) is 1. The number of sulfonamides is 1. The van der Waals surface area contributed by atoms with Crippen LogP contribution in [0.5, 0.6) is 0 Å². The molecule has 0 radical (unpaired) electrons. The van der Waals surface area contributed by atoms with Crippen LogP contribution < -0.4 is 14.9 Å². The van der Waals surface area contributed by atoms with Gasteiger partial charge in [0.2, 0.25) is 21.8 Å². The predicted octanol–water partition coefficient (Wildman–Crippen LogP) is 2.80. The van der Waals surface area contributed by atoms with Crippen molar-refractivity contribution in [1.82, 2.24) is 10.0 Å². The highest BCUT2D eigenvalue weighted by Crippen LogP contribution is 2.29. The van der Waals surface area contributed by atoms with Crippen molar-refractivity contribution in [3.05, 3.63) is 64.7 Å². The number of nitrogens with one attached hydrogen (secondary N) is 2. The third-order valence-corrected chi connectivity index (χ3v) is 7.22. The fourth-order valence-electron chi connectivity index (χ4n) is 3.95. The van der Waals surface area contributed by atoms with E-state index >= 15 is 0 Å². The van der Waals surface area contributed by atoms with Crippen molar-refractivity contribution in [2.75, 3.05) is 11.4 Å². The molecule has 1 aliphatic rings. The number of rotatable bonds is 8. The summed E-state index contributed by atoms with van der Waals surface area (Å²) in [5.74, 6) is -0.866. The number of anilines is 1. The van der Waals surface area contributed by atoms with Crippen molar-refractivity contribution in [2.24, 2.45) is 5.92 Å². The molecule has 2 amide bonds. The van der Waals surface area contributed by atoms with Crippen LogP contribution >= 0.6 is 0 Å². The highest BCUT2D eigenvalue weighted by atomic mass is 32.2. The molecule has 1 saturated heterocycles. The lowest BCUT2D eigenvalue weighted by atomic mass is 10.1. The van der Waals surface area contributed by atoms with Crippen LogP contribution in [0.1, 0.15) is 42.5 Å². The summed E-state index contributed by atoms with van der Waals surface area (Å²) < 4.78 is 27.2. The zero-order chi connectivity index (χ0) is 23.5. The van der Waals surface area contributed by atoms with Crippen LogP contribution in [0.4, 0.5) is 5.69 Å². The van der Waals surface area contributed by atoms with Gasteiger partial charge in [-0.3, -0.25) is 9.59 Å². The van der Waals surface area contributed by atoms with Gasteiger partial charge in [-0.2, -0.15) is 0 Å². The minimum atomic E-state index is -3.48. The normalized spacial score (nSPS) is 16.6. The smallest absolute Gasteiger partial charge is 0.227 e. The lowest BCUT2D eigenvalue weighted by molar-refractivity contribution is -0.126. The van der Waals surface area contributed by atoms with Gasteiger partial charge in [-0.1, -0.05) is 36.4 Å². The standard InChI is InChI=1S/C24H31N3O4S/c1-16(2)26-32(30,31)15-20-10-6-5-9-19(20)13-25-24(29)21-12-23(28)27(14-21)22-11-7-8-17(3)18(22)4/h5-11,16,21,26H,12-15H2,1-4H3,(H,25,29). The molecule has 1 unspecified atom stereocenters. The van der Waals surface area contributed by atoms with E-state index in [1.54, 1.807) is 30.9 Å². The summed E-state index contributed by atoms with van der Waals surface area (Å²) in [5, 5.41) is 2.89. The van der Waals surface area contributed by atoms with Crippen LogP contribution in [-0.2, 0) is 31.9 Å². The quantitative estimate of drug-likeness (QED) is 0.637. The van der Waals surface area contributed by atoms with E-state index in [0.29, 0.717) is 12.1 Å². The summed E-state index contributed by atoms with van der Waals surface area (Å²) >= 11 is 0. The van der Waals surface area contributed by atoms with Crippen LogP contribution in [0.2, 0.25) is 0 Å². The fraction of sp³-hybridized carbons (Fsp3) is 0.417. The Labute approximate surface area is 190 Å². The number of benzene rings is 2. The molecule has 2 N–H and O–H groups in total. The zero-order valence-electron chi connectivity index (χ0n) is 19.0. The monoisotopic (exact) mass is 457 g/mol. The maximum atomic E-state index is 12.8. The average Bonchev–Trinajstić information content (AvgIpc) is 3.09. The molecule has 0 bridgehead atoms. The second-order valence-electron chi connectivity index (χ2n) is 8.64. The van der Waals surface area contributed by atoms with Crippen molar-refractivity contribution in [3.63, 3.8) is 0 Å². The Hall–Kier alpha value is -2.71. The molecule has 1 atom stereocenters. The highest BCUT2D eigenvalue weighted by Gasteiger charge is 2.35. The van der Waals surface area contributed by atoms with E-state index in [1.165, 1.54) is 0 Å². The van der Waals surface area contributed by atoms with Crippen LogP contribution in [0.25, 0.3) is 0 Å². The Morgan fingerprint density at radius 1 is 1.09 bits per heavy atom. The van der Waals surface area contributed by atoms with Crippen LogP contribution in [0.3, 0.4) is 0 Å². The second kappa shape index (κ2) is 9.83. The van der Waals surface area contributed by atoms with Gasteiger partial charge in [0, 0.05) is 31.2 Å². The second-order valence-corrected chi connectivity index (χ2v) is 10.4. The number of hydrogen-bond acceptors (Lipinski definition) is 4. The third-order valence-electron chi connectivity index (χ3n) is 5.69. The van der Waals surface area contributed by atoms with E-state index < -0.39 is 15.9 Å². The van der Waals surface area contributed by atoms with Gasteiger partial charge in [0.1, 0.15) is 0 Å².